The molecule has 4 nitrogen and oxygen atoms in total. The van der Waals surface area contributed by atoms with Crippen molar-refractivity contribution in [2.45, 2.75) is 57.0 Å². The van der Waals surface area contributed by atoms with Crippen LogP contribution in [0.1, 0.15) is 50.5 Å². The van der Waals surface area contributed by atoms with Crippen molar-refractivity contribution in [2.75, 3.05) is 26.2 Å². The molecular formula is C20H31Cl2F2N3O. The Labute approximate surface area is 178 Å². The van der Waals surface area contributed by atoms with Crippen LogP contribution in [0.15, 0.2) is 18.2 Å². The Hall–Kier alpha value is -0.950. The van der Waals surface area contributed by atoms with Gasteiger partial charge in [-0.1, -0.05) is 18.9 Å². The topological polar surface area (TPSA) is 44.4 Å². The normalized spacial score (nSPS) is 24.2. The Kier molecular flexibility index (Phi) is 10.7. The maximum atomic E-state index is 13.6. The third kappa shape index (κ3) is 6.28. The second kappa shape index (κ2) is 11.9. The van der Waals surface area contributed by atoms with E-state index in [0.29, 0.717) is 6.54 Å². The average Bonchev–Trinajstić information content (AvgIpc) is 2.93. The Morgan fingerprint density at radius 1 is 1.14 bits per heavy atom. The predicted octanol–water partition coefficient (Wildman–Crippen LogP) is 3.63. The molecule has 1 aromatic carbocycles. The van der Waals surface area contributed by atoms with Gasteiger partial charge in [0.1, 0.15) is 0 Å². The second-order valence-corrected chi connectivity index (χ2v) is 7.51. The molecule has 2 aliphatic rings. The molecule has 0 radical (unpaired) electrons. The maximum Gasteiger partial charge on any atom is 0.237 e. The van der Waals surface area contributed by atoms with Crippen LogP contribution in [0.2, 0.25) is 0 Å². The molecule has 3 rings (SSSR count). The summed E-state index contributed by atoms with van der Waals surface area (Å²) in [5.74, 6) is -1.65. The zero-order chi connectivity index (χ0) is 18.5. The van der Waals surface area contributed by atoms with E-state index < -0.39 is 11.6 Å². The number of halogens is 4. The standard InChI is InChI=1S/C20H29F2N3O.2ClH/c1-14(25-10-4-2-3-5-11-25)20(26)24-19-13-23-9-8-16(19)15-6-7-17(21)18(22)12-15;;/h6-7,12,14,16,19,23H,2-5,8-11,13H2,1H3,(H,24,26);2*1H. The van der Waals surface area contributed by atoms with Crippen LogP contribution in [0, 0.1) is 11.6 Å². The van der Waals surface area contributed by atoms with Crippen molar-refractivity contribution in [1.29, 1.82) is 0 Å². The van der Waals surface area contributed by atoms with Crippen molar-refractivity contribution < 1.29 is 13.6 Å². The van der Waals surface area contributed by atoms with Crippen LogP contribution in [-0.4, -0.2) is 49.1 Å². The molecule has 1 aromatic rings. The third-order valence-corrected chi connectivity index (χ3v) is 5.75. The molecule has 3 unspecified atom stereocenters. The minimum absolute atomic E-state index is 0. The number of likely N-dealkylation sites (tertiary alicyclic amines) is 1. The zero-order valence-electron chi connectivity index (χ0n) is 16.3. The molecule has 160 valence electrons. The minimum atomic E-state index is -0.835. The molecular weight excluding hydrogens is 407 g/mol. The number of rotatable bonds is 4. The summed E-state index contributed by atoms with van der Waals surface area (Å²) in [7, 11) is 0. The summed E-state index contributed by atoms with van der Waals surface area (Å²) >= 11 is 0. The number of carbonyl (C=O) groups excluding carboxylic acids is 1. The van der Waals surface area contributed by atoms with Crippen molar-refractivity contribution >= 4 is 30.7 Å². The van der Waals surface area contributed by atoms with E-state index in [-0.39, 0.29) is 48.7 Å². The van der Waals surface area contributed by atoms with Gasteiger partial charge in [-0.2, -0.15) is 0 Å². The molecule has 0 spiro atoms. The summed E-state index contributed by atoms with van der Waals surface area (Å²) in [6, 6.07) is 3.79. The molecule has 0 saturated carbocycles. The van der Waals surface area contributed by atoms with Crippen LogP contribution < -0.4 is 10.6 Å². The molecule has 3 atom stereocenters. The lowest BCUT2D eigenvalue weighted by Crippen LogP contribution is -2.54. The summed E-state index contributed by atoms with van der Waals surface area (Å²) < 4.78 is 26.9. The van der Waals surface area contributed by atoms with Crippen LogP contribution >= 0.6 is 24.8 Å². The highest BCUT2D eigenvalue weighted by molar-refractivity contribution is 5.85. The van der Waals surface area contributed by atoms with E-state index in [1.54, 1.807) is 6.07 Å². The average molecular weight is 438 g/mol. The van der Waals surface area contributed by atoms with E-state index in [0.717, 1.165) is 44.5 Å². The lowest BCUT2D eigenvalue weighted by atomic mass is 9.85. The Morgan fingerprint density at radius 2 is 1.82 bits per heavy atom. The molecule has 2 aliphatic heterocycles. The summed E-state index contributed by atoms with van der Waals surface area (Å²) in [6.45, 7) is 5.33. The Morgan fingerprint density at radius 3 is 2.46 bits per heavy atom. The summed E-state index contributed by atoms with van der Waals surface area (Å²) in [5.41, 5.74) is 0.748. The van der Waals surface area contributed by atoms with Crippen LogP contribution in [0.4, 0.5) is 8.78 Å². The van der Waals surface area contributed by atoms with Gasteiger partial charge in [0.05, 0.1) is 6.04 Å². The number of benzene rings is 1. The SMILES string of the molecule is CC(C(=O)NC1CNCCC1c1ccc(F)c(F)c1)N1CCCCCC1.Cl.Cl. The van der Waals surface area contributed by atoms with Crippen molar-refractivity contribution in [3.63, 3.8) is 0 Å². The molecule has 8 heteroatoms. The highest BCUT2D eigenvalue weighted by atomic mass is 35.5. The number of nitrogens with zero attached hydrogens (tertiary/aromatic N) is 1. The minimum Gasteiger partial charge on any atom is -0.350 e. The number of hydrogen-bond donors (Lipinski definition) is 2. The third-order valence-electron chi connectivity index (χ3n) is 5.75. The molecule has 0 bridgehead atoms. The summed E-state index contributed by atoms with van der Waals surface area (Å²) in [5, 5.41) is 6.46. The first kappa shape index (κ1) is 25.1. The van der Waals surface area contributed by atoms with E-state index in [1.165, 1.54) is 25.0 Å². The highest BCUT2D eigenvalue weighted by Gasteiger charge is 2.31. The molecule has 2 saturated heterocycles. The van der Waals surface area contributed by atoms with Crippen LogP contribution in [0.3, 0.4) is 0 Å². The van der Waals surface area contributed by atoms with Gasteiger partial charge in [-0.25, -0.2) is 8.78 Å². The van der Waals surface area contributed by atoms with Gasteiger partial charge in [-0.15, -0.1) is 24.8 Å². The fourth-order valence-electron chi connectivity index (χ4n) is 4.10. The molecule has 28 heavy (non-hydrogen) atoms. The van der Waals surface area contributed by atoms with Gasteiger partial charge in [0.2, 0.25) is 5.91 Å². The molecule has 2 heterocycles. The van der Waals surface area contributed by atoms with Gasteiger partial charge in [0.25, 0.3) is 0 Å². The molecule has 1 amide bonds. The summed E-state index contributed by atoms with van der Waals surface area (Å²) in [6.07, 6.45) is 5.53. The number of carbonyl (C=O) groups is 1. The number of piperidine rings is 1. The van der Waals surface area contributed by atoms with E-state index in [2.05, 4.69) is 15.5 Å². The quantitative estimate of drug-likeness (QED) is 0.755. The molecule has 0 aliphatic carbocycles. The number of hydrogen-bond acceptors (Lipinski definition) is 3. The van der Waals surface area contributed by atoms with Gasteiger partial charge in [0, 0.05) is 18.5 Å². The Balaban J connectivity index is 0.00000196. The Bertz CT molecular complexity index is 627. The first-order chi connectivity index (χ1) is 12.6. The van der Waals surface area contributed by atoms with E-state index in [1.807, 2.05) is 6.92 Å². The largest absolute Gasteiger partial charge is 0.350 e. The highest BCUT2D eigenvalue weighted by Crippen LogP contribution is 2.27. The van der Waals surface area contributed by atoms with Crippen molar-refractivity contribution in [1.82, 2.24) is 15.5 Å². The van der Waals surface area contributed by atoms with E-state index >= 15 is 0 Å². The first-order valence-electron chi connectivity index (χ1n) is 9.76. The van der Waals surface area contributed by atoms with Crippen molar-refractivity contribution in [3.8, 4) is 0 Å². The van der Waals surface area contributed by atoms with Gasteiger partial charge >= 0.3 is 0 Å². The van der Waals surface area contributed by atoms with Crippen molar-refractivity contribution in [3.05, 3.63) is 35.4 Å². The zero-order valence-corrected chi connectivity index (χ0v) is 17.9. The smallest absolute Gasteiger partial charge is 0.237 e. The van der Waals surface area contributed by atoms with Gasteiger partial charge < -0.3 is 10.6 Å². The fraction of sp³-hybridized carbons (Fsp3) is 0.650. The fourth-order valence-corrected chi connectivity index (χ4v) is 4.10. The monoisotopic (exact) mass is 437 g/mol. The lowest BCUT2D eigenvalue weighted by Gasteiger charge is -2.35. The van der Waals surface area contributed by atoms with Gasteiger partial charge in [-0.05, 0) is 63.5 Å². The van der Waals surface area contributed by atoms with Gasteiger partial charge in [-0.3, -0.25) is 9.69 Å². The van der Waals surface area contributed by atoms with E-state index in [9.17, 15) is 13.6 Å². The first-order valence-corrected chi connectivity index (χ1v) is 9.76. The predicted molar refractivity (Wildman–Crippen MR) is 113 cm³/mol. The van der Waals surface area contributed by atoms with Crippen LogP contribution in [-0.2, 0) is 4.79 Å². The molecule has 0 aromatic heterocycles. The number of nitrogens with one attached hydrogen (secondary N) is 2. The molecule has 2 N–H and O–H groups in total. The lowest BCUT2D eigenvalue weighted by molar-refractivity contribution is -0.126. The van der Waals surface area contributed by atoms with Crippen molar-refractivity contribution in [2.24, 2.45) is 0 Å². The number of amides is 1. The van der Waals surface area contributed by atoms with Crippen LogP contribution in [0.25, 0.3) is 0 Å². The van der Waals surface area contributed by atoms with Crippen LogP contribution in [0.5, 0.6) is 0 Å². The van der Waals surface area contributed by atoms with E-state index in [4.69, 9.17) is 0 Å². The molecule has 2 fully saturated rings. The maximum absolute atomic E-state index is 13.6. The summed E-state index contributed by atoms with van der Waals surface area (Å²) in [4.78, 5) is 15.1. The van der Waals surface area contributed by atoms with Gasteiger partial charge in [0.15, 0.2) is 11.6 Å². The second-order valence-electron chi connectivity index (χ2n) is 7.51.